The standard InChI is InChI=1S/C22H23ClN2O4S2/c1-3-31(27,28)17-8-4-6-15(12-17)21(26)25(13-16-7-5-11-29-16)22-24-19-14(2)9-10-18(23)20(19)30-22/h4,6,8-10,12,16H,3,5,7,11,13H2,1-2H3. The number of halogens is 1. The predicted octanol–water partition coefficient (Wildman–Crippen LogP) is 4.88. The van der Waals surface area contributed by atoms with Crippen molar-refractivity contribution in [1.82, 2.24) is 4.98 Å². The van der Waals surface area contributed by atoms with Crippen molar-refractivity contribution in [3.8, 4) is 0 Å². The monoisotopic (exact) mass is 478 g/mol. The minimum Gasteiger partial charge on any atom is -0.376 e. The topological polar surface area (TPSA) is 76.6 Å². The summed E-state index contributed by atoms with van der Waals surface area (Å²) in [6, 6.07) is 9.91. The van der Waals surface area contributed by atoms with Gasteiger partial charge in [-0.3, -0.25) is 9.69 Å². The molecule has 1 aliphatic rings. The van der Waals surface area contributed by atoms with Gasteiger partial charge in [0.05, 0.1) is 38.5 Å². The molecule has 9 heteroatoms. The van der Waals surface area contributed by atoms with Gasteiger partial charge in [-0.25, -0.2) is 13.4 Å². The number of thiazole rings is 1. The first-order chi connectivity index (χ1) is 14.8. The van der Waals surface area contributed by atoms with Crippen LogP contribution in [0.3, 0.4) is 0 Å². The molecule has 2 aromatic carbocycles. The fourth-order valence-corrected chi connectivity index (χ4v) is 5.84. The number of ether oxygens (including phenoxy) is 1. The zero-order valence-corrected chi connectivity index (χ0v) is 19.7. The minimum atomic E-state index is -3.42. The number of sulfone groups is 1. The van der Waals surface area contributed by atoms with Gasteiger partial charge in [-0.2, -0.15) is 0 Å². The lowest BCUT2D eigenvalue weighted by Gasteiger charge is -2.23. The molecule has 6 nitrogen and oxygen atoms in total. The summed E-state index contributed by atoms with van der Waals surface area (Å²) in [5.74, 6) is -0.337. The summed E-state index contributed by atoms with van der Waals surface area (Å²) < 4.78 is 31.2. The Morgan fingerprint density at radius 3 is 2.81 bits per heavy atom. The van der Waals surface area contributed by atoms with E-state index >= 15 is 0 Å². The van der Waals surface area contributed by atoms with E-state index in [1.165, 1.54) is 23.5 Å². The number of aromatic nitrogens is 1. The number of fused-ring (bicyclic) bond motifs is 1. The smallest absolute Gasteiger partial charge is 0.260 e. The maximum Gasteiger partial charge on any atom is 0.260 e. The third-order valence-corrected chi connectivity index (χ3v) is 8.66. The van der Waals surface area contributed by atoms with Gasteiger partial charge in [0.25, 0.3) is 5.91 Å². The number of anilines is 1. The van der Waals surface area contributed by atoms with E-state index in [-0.39, 0.29) is 22.7 Å². The molecule has 0 spiro atoms. The van der Waals surface area contributed by atoms with Crippen LogP contribution in [0, 0.1) is 6.92 Å². The van der Waals surface area contributed by atoms with Gasteiger partial charge in [0, 0.05) is 12.2 Å². The molecule has 1 fully saturated rings. The van der Waals surface area contributed by atoms with E-state index in [2.05, 4.69) is 0 Å². The Balaban J connectivity index is 1.77. The molecule has 1 aromatic heterocycles. The lowest BCUT2D eigenvalue weighted by molar-refractivity contribution is 0.0917. The Hall–Kier alpha value is -2.00. The van der Waals surface area contributed by atoms with Crippen LogP contribution in [0.25, 0.3) is 10.2 Å². The number of nitrogens with zero attached hydrogens (tertiary/aromatic N) is 2. The lowest BCUT2D eigenvalue weighted by atomic mass is 10.1. The number of carbonyl (C=O) groups excluding carboxylic acids is 1. The number of rotatable bonds is 6. The maximum absolute atomic E-state index is 13.6. The molecule has 1 atom stereocenters. The molecule has 31 heavy (non-hydrogen) atoms. The fourth-order valence-electron chi connectivity index (χ4n) is 3.59. The largest absolute Gasteiger partial charge is 0.376 e. The van der Waals surface area contributed by atoms with Crippen molar-refractivity contribution in [1.29, 1.82) is 0 Å². The number of benzene rings is 2. The van der Waals surface area contributed by atoms with Gasteiger partial charge in [-0.05, 0) is 49.6 Å². The Kier molecular flexibility index (Phi) is 6.35. The van der Waals surface area contributed by atoms with Crippen molar-refractivity contribution >= 4 is 54.0 Å². The van der Waals surface area contributed by atoms with E-state index in [4.69, 9.17) is 21.3 Å². The summed E-state index contributed by atoms with van der Waals surface area (Å²) >= 11 is 7.73. The quantitative estimate of drug-likeness (QED) is 0.504. The third-order valence-electron chi connectivity index (χ3n) is 5.39. The highest BCUT2D eigenvalue weighted by molar-refractivity contribution is 7.91. The molecule has 1 saturated heterocycles. The molecule has 164 valence electrons. The van der Waals surface area contributed by atoms with Crippen LogP contribution in [0.4, 0.5) is 5.13 Å². The van der Waals surface area contributed by atoms with Crippen molar-refractivity contribution in [3.05, 3.63) is 52.5 Å². The number of hydrogen-bond acceptors (Lipinski definition) is 6. The van der Waals surface area contributed by atoms with Crippen LogP contribution in [0.1, 0.15) is 35.7 Å². The summed E-state index contributed by atoms with van der Waals surface area (Å²) in [6.07, 6.45) is 1.72. The number of aryl methyl sites for hydroxylation is 1. The van der Waals surface area contributed by atoms with Gasteiger partial charge in [0.2, 0.25) is 0 Å². The second-order valence-electron chi connectivity index (χ2n) is 7.52. The van der Waals surface area contributed by atoms with Crippen LogP contribution in [-0.4, -0.2) is 44.3 Å². The van der Waals surface area contributed by atoms with Crippen molar-refractivity contribution in [3.63, 3.8) is 0 Å². The number of amides is 1. The maximum atomic E-state index is 13.6. The zero-order valence-electron chi connectivity index (χ0n) is 17.3. The molecule has 3 aromatic rings. The van der Waals surface area contributed by atoms with Crippen molar-refractivity contribution < 1.29 is 17.9 Å². The van der Waals surface area contributed by atoms with Gasteiger partial charge in [-0.15, -0.1) is 0 Å². The predicted molar refractivity (Wildman–Crippen MR) is 124 cm³/mol. The van der Waals surface area contributed by atoms with Crippen LogP contribution < -0.4 is 4.90 Å². The Morgan fingerprint density at radius 1 is 1.32 bits per heavy atom. The number of hydrogen-bond donors (Lipinski definition) is 0. The second kappa shape index (κ2) is 8.86. The van der Waals surface area contributed by atoms with Crippen LogP contribution in [-0.2, 0) is 14.6 Å². The van der Waals surface area contributed by atoms with E-state index in [0.717, 1.165) is 28.6 Å². The van der Waals surface area contributed by atoms with Crippen LogP contribution in [0.5, 0.6) is 0 Å². The molecular formula is C22H23ClN2O4S2. The van der Waals surface area contributed by atoms with Crippen LogP contribution in [0.2, 0.25) is 5.02 Å². The molecule has 0 bridgehead atoms. The first-order valence-electron chi connectivity index (χ1n) is 10.1. The minimum absolute atomic E-state index is 0.0279. The molecule has 4 rings (SSSR count). The average Bonchev–Trinajstić information content (AvgIpc) is 3.45. The molecule has 2 heterocycles. The van der Waals surface area contributed by atoms with Gasteiger partial charge in [-0.1, -0.05) is 42.0 Å². The molecule has 1 unspecified atom stereocenters. The molecule has 0 radical (unpaired) electrons. The van der Waals surface area contributed by atoms with Gasteiger partial charge < -0.3 is 4.74 Å². The number of carbonyl (C=O) groups is 1. The van der Waals surface area contributed by atoms with Crippen LogP contribution in [0.15, 0.2) is 41.3 Å². The lowest BCUT2D eigenvalue weighted by Crippen LogP contribution is -2.37. The van der Waals surface area contributed by atoms with E-state index in [1.54, 1.807) is 24.0 Å². The second-order valence-corrected chi connectivity index (χ2v) is 11.2. The molecule has 0 saturated carbocycles. The summed E-state index contributed by atoms with van der Waals surface area (Å²) in [5, 5.41) is 1.11. The van der Waals surface area contributed by atoms with E-state index in [1.807, 2.05) is 19.1 Å². The Morgan fingerprint density at radius 2 is 2.13 bits per heavy atom. The summed E-state index contributed by atoms with van der Waals surface area (Å²) in [7, 11) is -3.42. The summed E-state index contributed by atoms with van der Waals surface area (Å²) in [4.78, 5) is 20.0. The normalized spacial score (nSPS) is 16.7. The highest BCUT2D eigenvalue weighted by Crippen LogP contribution is 2.36. The van der Waals surface area contributed by atoms with Crippen molar-refractivity contribution in [2.24, 2.45) is 0 Å². The van der Waals surface area contributed by atoms with Crippen LogP contribution >= 0.6 is 22.9 Å². The SMILES string of the molecule is CCS(=O)(=O)c1cccc(C(=O)N(CC2CCCO2)c2nc3c(C)ccc(Cl)c3s2)c1. The van der Waals surface area contributed by atoms with Gasteiger partial charge in [0.15, 0.2) is 15.0 Å². The first kappa shape index (κ1) is 22.2. The van der Waals surface area contributed by atoms with Crippen molar-refractivity contribution in [2.75, 3.05) is 23.8 Å². The molecule has 0 N–H and O–H groups in total. The zero-order chi connectivity index (χ0) is 22.2. The Labute approximate surface area is 190 Å². The van der Waals surface area contributed by atoms with E-state index in [0.29, 0.717) is 28.9 Å². The fraction of sp³-hybridized carbons (Fsp3) is 0.364. The highest BCUT2D eigenvalue weighted by Gasteiger charge is 2.28. The molecule has 0 aliphatic carbocycles. The molecule has 1 amide bonds. The highest BCUT2D eigenvalue weighted by atomic mass is 35.5. The third kappa shape index (κ3) is 4.48. The van der Waals surface area contributed by atoms with Gasteiger partial charge >= 0.3 is 0 Å². The average molecular weight is 479 g/mol. The van der Waals surface area contributed by atoms with Gasteiger partial charge in [0.1, 0.15) is 0 Å². The summed E-state index contributed by atoms with van der Waals surface area (Å²) in [5.41, 5.74) is 2.04. The summed E-state index contributed by atoms with van der Waals surface area (Å²) in [6.45, 7) is 4.55. The van der Waals surface area contributed by atoms with Crippen molar-refractivity contribution in [2.45, 2.75) is 37.7 Å². The van der Waals surface area contributed by atoms with E-state index in [9.17, 15) is 13.2 Å². The Bertz CT molecular complexity index is 1190. The molecular weight excluding hydrogens is 456 g/mol. The first-order valence-corrected chi connectivity index (χ1v) is 13.0. The van der Waals surface area contributed by atoms with E-state index < -0.39 is 9.84 Å². The molecule has 1 aliphatic heterocycles.